The summed E-state index contributed by atoms with van der Waals surface area (Å²) in [5, 5.41) is 14.1. The van der Waals surface area contributed by atoms with Crippen LogP contribution in [0.4, 0.5) is 11.4 Å². The van der Waals surface area contributed by atoms with Gasteiger partial charge in [-0.3, -0.25) is 10.1 Å². The van der Waals surface area contributed by atoms with E-state index in [1.54, 1.807) is 18.2 Å². The molecule has 1 N–H and O–H groups in total. The molecule has 1 aromatic heterocycles. The van der Waals surface area contributed by atoms with Crippen LogP contribution in [0, 0.1) is 17.0 Å². The van der Waals surface area contributed by atoms with Crippen molar-refractivity contribution >= 4 is 22.4 Å². The summed E-state index contributed by atoms with van der Waals surface area (Å²) >= 11 is 0. The first kappa shape index (κ1) is 14.1. The van der Waals surface area contributed by atoms with Crippen LogP contribution in [0.5, 0.6) is 0 Å². The third-order valence-corrected chi connectivity index (χ3v) is 3.73. The number of rotatable bonds is 4. The Balaban J connectivity index is 1.91. The highest BCUT2D eigenvalue weighted by Crippen LogP contribution is 2.24. The minimum absolute atomic E-state index is 0.0671. The molecule has 3 aromatic rings. The predicted octanol–water partition coefficient (Wildman–Crippen LogP) is 3.40. The van der Waals surface area contributed by atoms with Gasteiger partial charge in [0.15, 0.2) is 0 Å². The molecular formula is C16H16N4O2. The van der Waals surface area contributed by atoms with E-state index in [-0.39, 0.29) is 10.6 Å². The summed E-state index contributed by atoms with van der Waals surface area (Å²) in [5.74, 6) is 0.836. The van der Waals surface area contributed by atoms with Crippen molar-refractivity contribution in [3.8, 4) is 0 Å². The largest absolute Gasteiger partial charge is 0.372 e. The zero-order chi connectivity index (χ0) is 15.7. The number of nitrogens with one attached hydrogen (secondary N) is 1. The van der Waals surface area contributed by atoms with Crippen LogP contribution in [0.1, 0.15) is 11.4 Å². The third kappa shape index (κ3) is 2.39. The average Bonchev–Trinajstić information content (AvgIpc) is 2.83. The topological polar surface area (TPSA) is 73.0 Å². The van der Waals surface area contributed by atoms with E-state index < -0.39 is 0 Å². The number of fused-ring (bicyclic) bond motifs is 1. The van der Waals surface area contributed by atoms with Crippen molar-refractivity contribution in [2.45, 2.75) is 13.5 Å². The molecule has 6 nitrogen and oxygen atoms in total. The molecule has 0 radical (unpaired) electrons. The first-order chi connectivity index (χ1) is 10.6. The molecular weight excluding hydrogens is 280 g/mol. The molecule has 0 fully saturated rings. The molecule has 112 valence electrons. The van der Waals surface area contributed by atoms with Crippen molar-refractivity contribution in [2.75, 3.05) is 5.32 Å². The Labute approximate surface area is 127 Å². The molecule has 0 saturated carbocycles. The lowest BCUT2D eigenvalue weighted by Gasteiger charge is -2.07. The zero-order valence-corrected chi connectivity index (χ0v) is 12.4. The fraction of sp³-hybridized carbons (Fsp3) is 0.188. The molecule has 2 aromatic carbocycles. The fourth-order valence-corrected chi connectivity index (χ4v) is 2.63. The lowest BCUT2D eigenvalue weighted by atomic mass is 10.2. The highest BCUT2D eigenvalue weighted by atomic mass is 16.6. The summed E-state index contributed by atoms with van der Waals surface area (Å²) in [5.41, 5.74) is 3.74. The van der Waals surface area contributed by atoms with Crippen molar-refractivity contribution in [1.29, 1.82) is 0 Å². The van der Waals surface area contributed by atoms with E-state index in [0.29, 0.717) is 12.2 Å². The zero-order valence-electron chi connectivity index (χ0n) is 12.4. The van der Waals surface area contributed by atoms with Crippen molar-refractivity contribution in [1.82, 2.24) is 9.55 Å². The number of aryl methyl sites for hydroxylation is 2. The molecule has 6 heteroatoms. The molecule has 0 amide bonds. The first-order valence-corrected chi connectivity index (χ1v) is 6.96. The number of hydrogen-bond acceptors (Lipinski definition) is 4. The van der Waals surface area contributed by atoms with Crippen molar-refractivity contribution in [2.24, 2.45) is 7.05 Å². The van der Waals surface area contributed by atoms with Crippen molar-refractivity contribution in [3.63, 3.8) is 0 Å². The number of nitro groups is 1. The summed E-state index contributed by atoms with van der Waals surface area (Å²) < 4.78 is 2.02. The van der Waals surface area contributed by atoms with Gasteiger partial charge in [-0.1, -0.05) is 24.3 Å². The summed E-state index contributed by atoms with van der Waals surface area (Å²) in [7, 11) is 1.96. The molecule has 0 aliphatic carbocycles. The molecule has 0 aliphatic heterocycles. The fourth-order valence-electron chi connectivity index (χ4n) is 2.63. The van der Waals surface area contributed by atoms with Gasteiger partial charge in [0.1, 0.15) is 11.5 Å². The smallest absolute Gasteiger partial charge is 0.292 e. The maximum absolute atomic E-state index is 11.0. The van der Waals surface area contributed by atoms with Crippen LogP contribution in [-0.4, -0.2) is 14.5 Å². The molecule has 0 bridgehead atoms. The number of imidazole rings is 1. The Morgan fingerprint density at radius 2 is 2.00 bits per heavy atom. The second kappa shape index (κ2) is 5.48. The number of anilines is 1. The van der Waals surface area contributed by atoms with Crippen LogP contribution in [0.3, 0.4) is 0 Å². The van der Waals surface area contributed by atoms with Crippen LogP contribution < -0.4 is 5.32 Å². The summed E-state index contributed by atoms with van der Waals surface area (Å²) in [6, 6.07) is 12.6. The van der Waals surface area contributed by atoms with Gasteiger partial charge in [-0.15, -0.1) is 0 Å². The van der Waals surface area contributed by atoms with E-state index in [4.69, 9.17) is 0 Å². The number of nitrogens with zero attached hydrogens (tertiary/aromatic N) is 3. The summed E-state index contributed by atoms with van der Waals surface area (Å²) in [6.07, 6.45) is 0. The van der Waals surface area contributed by atoms with E-state index in [1.807, 2.05) is 36.7 Å². The van der Waals surface area contributed by atoms with Crippen molar-refractivity contribution < 1.29 is 4.92 Å². The minimum Gasteiger partial charge on any atom is -0.372 e. The second-order valence-electron chi connectivity index (χ2n) is 5.16. The first-order valence-electron chi connectivity index (χ1n) is 6.96. The van der Waals surface area contributed by atoms with Crippen LogP contribution in [0.15, 0.2) is 42.5 Å². The van der Waals surface area contributed by atoms with E-state index >= 15 is 0 Å². The standard InChI is InChI=1S/C16H16N4O2/c1-11-6-5-8-13-16(11)19(2)15(18-13)10-17-12-7-3-4-9-14(12)20(21)22/h3-9,17H,10H2,1-2H3. The number of benzene rings is 2. The molecule has 0 atom stereocenters. The lowest BCUT2D eigenvalue weighted by Crippen LogP contribution is -2.07. The van der Waals surface area contributed by atoms with E-state index in [9.17, 15) is 10.1 Å². The molecule has 1 heterocycles. The van der Waals surface area contributed by atoms with Gasteiger partial charge in [0.25, 0.3) is 5.69 Å². The molecule has 0 saturated heterocycles. The van der Waals surface area contributed by atoms with E-state index in [2.05, 4.69) is 10.3 Å². The number of aromatic nitrogens is 2. The SMILES string of the molecule is Cc1cccc2nc(CNc3ccccc3[N+](=O)[O-])n(C)c12. The van der Waals surface area contributed by atoms with Crippen LogP contribution in [-0.2, 0) is 13.6 Å². The van der Waals surface area contributed by atoms with Gasteiger partial charge in [0.05, 0.1) is 22.5 Å². The Hall–Kier alpha value is -2.89. The van der Waals surface area contributed by atoms with Gasteiger partial charge >= 0.3 is 0 Å². The molecule has 22 heavy (non-hydrogen) atoms. The third-order valence-electron chi connectivity index (χ3n) is 3.73. The van der Waals surface area contributed by atoms with E-state index in [1.165, 1.54) is 6.07 Å². The van der Waals surface area contributed by atoms with Gasteiger partial charge in [0.2, 0.25) is 0 Å². The molecule has 0 unspecified atom stereocenters. The molecule has 0 spiro atoms. The maximum Gasteiger partial charge on any atom is 0.292 e. The molecule has 3 rings (SSSR count). The van der Waals surface area contributed by atoms with Gasteiger partial charge in [-0.25, -0.2) is 4.98 Å². The Morgan fingerprint density at radius 3 is 2.73 bits per heavy atom. The van der Waals surface area contributed by atoms with Crippen LogP contribution >= 0.6 is 0 Å². The average molecular weight is 296 g/mol. The maximum atomic E-state index is 11.0. The highest BCUT2D eigenvalue weighted by molar-refractivity contribution is 5.79. The normalized spacial score (nSPS) is 10.8. The minimum atomic E-state index is -0.387. The van der Waals surface area contributed by atoms with E-state index in [0.717, 1.165) is 22.4 Å². The van der Waals surface area contributed by atoms with Gasteiger partial charge < -0.3 is 9.88 Å². The molecule has 0 aliphatic rings. The Bertz CT molecular complexity index is 854. The van der Waals surface area contributed by atoms with Gasteiger partial charge in [0, 0.05) is 13.1 Å². The number of hydrogen-bond donors (Lipinski definition) is 1. The Morgan fingerprint density at radius 1 is 1.23 bits per heavy atom. The highest BCUT2D eigenvalue weighted by Gasteiger charge is 2.14. The van der Waals surface area contributed by atoms with Crippen LogP contribution in [0.2, 0.25) is 0 Å². The number of nitro benzene ring substituents is 1. The van der Waals surface area contributed by atoms with Gasteiger partial charge in [-0.05, 0) is 24.6 Å². The predicted molar refractivity (Wildman–Crippen MR) is 85.9 cm³/mol. The van der Waals surface area contributed by atoms with Crippen molar-refractivity contribution in [3.05, 3.63) is 64.0 Å². The quantitative estimate of drug-likeness (QED) is 0.591. The lowest BCUT2D eigenvalue weighted by molar-refractivity contribution is -0.384. The number of para-hydroxylation sites is 3. The monoisotopic (exact) mass is 296 g/mol. The summed E-state index contributed by atoms with van der Waals surface area (Å²) in [6.45, 7) is 2.47. The summed E-state index contributed by atoms with van der Waals surface area (Å²) in [4.78, 5) is 15.2. The van der Waals surface area contributed by atoms with Crippen LogP contribution in [0.25, 0.3) is 11.0 Å². The van der Waals surface area contributed by atoms with Gasteiger partial charge in [-0.2, -0.15) is 0 Å². The second-order valence-corrected chi connectivity index (χ2v) is 5.16. The Kier molecular flexibility index (Phi) is 3.50.